The van der Waals surface area contributed by atoms with Crippen LogP contribution in [0.15, 0.2) is 48.5 Å². The normalized spacial score (nSPS) is 16.6. The van der Waals surface area contributed by atoms with Gasteiger partial charge >= 0.3 is 6.03 Å². The summed E-state index contributed by atoms with van der Waals surface area (Å²) in [5, 5.41) is 12.2. The molecular weight excluding hydrogens is 352 g/mol. The van der Waals surface area contributed by atoms with Crippen molar-refractivity contribution in [2.75, 3.05) is 23.3 Å². The average Bonchev–Trinajstić information content (AvgIpc) is 3.56. The molecule has 0 unspecified atom stereocenters. The van der Waals surface area contributed by atoms with Crippen LogP contribution in [0.2, 0.25) is 0 Å². The molecule has 1 N–H and O–H groups in total. The number of nitriles is 1. The van der Waals surface area contributed by atoms with Gasteiger partial charge in [0, 0.05) is 36.9 Å². The van der Waals surface area contributed by atoms with E-state index >= 15 is 0 Å². The monoisotopic (exact) mass is 374 g/mol. The number of amides is 3. The first-order valence-electron chi connectivity index (χ1n) is 9.61. The topological polar surface area (TPSA) is 76.4 Å². The quantitative estimate of drug-likeness (QED) is 0.866. The van der Waals surface area contributed by atoms with Gasteiger partial charge in [0.05, 0.1) is 11.6 Å². The van der Waals surface area contributed by atoms with Crippen molar-refractivity contribution < 1.29 is 9.59 Å². The third-order valence-corrected chi connectivity index (χ3v) is 5.18. The second-order valence-electron chi connectivity index (χ2n) is 7.29. The van der Waals surface area contributed by atoms with Crippen LogP contribution in [0.4, 0.5) is 16.2 Å². The zero-order valence-corrected chi connectivity index (χ0v) is 15.6. The number of hydrogen-bond acceptors (Lipinski definition) is 3. The van der Waals surface area contributed by atoms with Gasteiger partial charge in [-0.3, -0.25) is 9.69 Å². The maximum Gasteiger partial charge on any atom is 0.324 e. The van der Waals surface area contributed by atoms with Gasteiger partial charge in [0.15, 0.2) is 0 Å². The highest BCUT2D eigenvalue weighted by Crippen LogP contribution is 2.31. The number of rotatable bonds is 5. The Balaban J connectivity index is 1.50. The first-order chi connectivity index (χ1) is 13.7. The van der Waals surface area contributed by atoms with E-state index in [0.29, 0.717) is 30.9 Å². The highest BCUT2D eigenvalue weighted by atomic mass is 16.2. The minimum atomic E-state index is -0.0790. The van der Waals surface area contributed by atoms with Crippen molar-refractivity contribution >= 4 is 23.3 Å². The molecule has 2 aromatic rings. The van der Waals surface area contributed by atoms with Crippen LogP contribution in [0.3, 0.4) is 0 Å². The lowest BCUT2D eigenvalue weighted by atomic mass is 10.1. The summed E-state index contributed by atoms with van der Waals surface area (Å²) in [5.74, 6) is 0.188. The highest BCUT2D eigenvalue weighted by Gasteiger charge is 2.30. The SMILES string of the molecule is N#Cc1ccccc1CN1CCCN(c2cccc(NC(=O)C3CC3)c2)C1=O. The molecule has 4 rings (SSSR count). The van der Waals surface area contributed by atoms with Crippen LogP contribution in [0, 0.1) is 17.2 Å². The Morgan fingerprint density at radius 2 is 1.96 bits per heavy atom. The summed E-state index contributed by atoms with van der Waals surface area (Å²) in [4.78, 5) is 28.6. The lowest BCUT2D eigenvalue weighted by Gasteiger charge is -2.36. The van der Waals surface area contributed by atoms with Gasteiger partial charge in [-0.25, -0.2) is 4.79 Å². The molecule has 6 heteroatoms. The molecule has 0 spiro atoms. The van der Waals surface area contributed by atoms with Crippen LogP contribution in [-0.4, -0.2) is 29.9 Å². The molecule has 2 aromatic carbocycles. The van der Waals surface area contributed by atoms with Crippen LogP contribution < -0.4 is 10.2 Å². The van der Waals surface area contributed by atoms with Gasteiger partial charge in [-0.05, 0) is 49.1 Å². The lowest BCUT2D eigenvalue weighted by Crippen LogP contribution is -2.49. The summed E-state index contributed by atoms with van der Waals surface area (Å²) < 4.78 is 0. The third-order valence-electron chi connectivity index (χ3n) is 5.18. The fourth-order valence-corrected chi connectivity index (χ4v) is 3.48. The van der Waals surface area contributed by atoms with Crippen molar-refractivity contribution in [3.8, 4) is 6.07 Å². The minimum absolute atomic E-state index is 0.0526. The van der Waals surface area contributed by atoms with Crippen molar-refractivity contribution in [3.63, 3.8) is 0 Å². The Morgan fingerprint density at radius 1 is 1.14 bits per heavy atom. The van der Waals surface area contributed by atoms with Crippen LogP contribution in [0.1, 0.15) is 30.4 Å². The molecule has 1 heterocycles. The third kappa shape index (κ3) is 3.84. The fraction of sp³-hybridized carbons (Fsp3) is 0.318. The predicted octanol–water partition coefficient (Wildman–Crippen LogP) is 3.74. The summed E-state index contributed by atoms with van der Waals surface area (Å²) in [6.45, 7) is 1.71. The summed E-state index contributed by atoms with van der Waals surface area (Å²) in [5.41, 5.74) is 2.94. The summed E-state index contributed by atoms with van der Waals surface area (Å²) in [7, 11) is 0. The Labute approximate surface area is 164 Å². The molecule has 1 aliphatic heterocycles. The van der Waals surface area contributed by atoms with E-state index < -0.39 is 0 Å². The molecule has 1 aliphatic carbocycles. The van der Waals surface area contributed by atoms with Crippen molar-refractivity contribution in [2.45, 2.75) is 25.8 Å². The second-order valence-corrected chi connectivity index (χ2v) is 7.29. The number of anilines is 2. The fourth-order valence-electron chi connectivity index (χ4n) is 3.48. The van der Waals surface area contributed by atoms with Gasteiger partial charge in [-0.15, -0.1) is 0 Å². The van der Waals surface area contributed by atoms with E-state index in [9.17, 15) is 14.9 Å². The zero-order chi connectivity index (χ0) is 19.5. The van der Waals surface area contributed by atoms with E-state index in [1.54, 1.807) is 15.9 Å². The van der Waals surface area contributed by atoms with Crippen LogP contribution in [0.5, 0.6) is 0 Å². The Morgan fingerprint density at radius 3 is 2.75 bits per heavy atom. The van der Waals surface area contributed by atoms with Gasteiger partial charge in [-0.1, -0.05) is 24.3 Å². The minimum Gasteiger partial charge on any atom is -0.326 e. The summed E-state index contributed by atoms with van der Waals surface area (Å²) in [6.07, 6.45) is 2.75. The molecule has 0 aromatic heterocycles. The molecular formula is C22H22N4O2. The number of nitrogens with zero attached hydrogens (tertiary/aromatic N) is 3. The second kappa shape index (κ2) is 7.73. The molecule has 0 radical (unpaired) electrons. The van der Waals surface area contributed by atoms with E-state index in [-0.39, 0.29) is 17.9 Å². The number of nitrogens with one attached hydrogen (secondary N) is 1. The molecule has 6 nitrogen and oxygen atoms in total. The van der Waals surface area contributed by atoms with Crippen molar-refractivity contribution in [1.82, 2.24) is 4.90 Å². The number of urea groups is 1. The van der Waals surface area contributed by atoms with Crippen LogP contribution in [-0.2, 0) is 11.3 Å². The predicted molar refractivity (Wildman–Crippen MR) is 107 cm³/mol. The van der Waals surface area contributed by atoms with E-state index in [1.165, 1.54) is 0 Å². The van der Waals surface area contributed by atoms with E-state index in [2.05, 4.69) is 11.4 Å². The van der Waals surface area contributed by atoms with Crippen LogP contribution >= 0.6 is 0 Å². The van der Waals surface area contributed by atoms with E-state index in [1.807, 2.05) is 42.5 Å². The maximum absolute atomic E-state index is 13.1. The molecule has 2 fully saturated rings. The molecule has 0 atom stereocenters. The van der Waals surface area contributed by atoms with E-state index in [0.717, 1.165) is 30.5 Å². The van der Waals surface area contributed by atoms with Crippen molar-refractivity contribution in [1.29, 1.82) is 5.26 Å². The number of carbonyl (C=O) groups excluding carboxylic acids is 2. The Hall–Kier alpha value is -3.33. The van der Waals surface area contributed by atoms with Gasteiger partial charge in [0.2, 0.25) is 5.91 Å². The van der Waals surface area contributed by atoms with Crippen molar-refractivity contribution in [3.05, 3.63) is 59.7 Å². The lowest BCUT2D eigenvalue weighted by molar-refractivity contribution is -0.117. The number of benzene rings is 2. The Bertz CT molecular complexity index is 946. The molecule has 1 saturated carbocycles. The molecule has 1 saturated heterocycles. The first kappa shape index (κ1) is 18.1. The van der Waals surface area contributed by atoms with Gasteiger partial charge < -0.3 is 10.2 Å². The molecule has 28 heavy (non-hydrogen) atoms. The van der Waals surface area contributed by atoms with Gasteiger partial charge in [-0.2, -0.15) is 5.26 Å². The standard InChI is InChI=1S/C22H22N4O2/c23-14-17-5-1-2-6-18(17)15-25-11-4-12-26(22(25)28)20-8-3-7-19(13-20)24-21(27)16-9-10-16/h1-3,5-8,13,16H,4,9-12,15H2,(H,24,27). The van der Waals surface area contributed by atoms with Gasteiger partial charge in [0.25, 0.3) is 0 Å². The first-order valence-corrected chi connectivity index (χ1v) is 9.61. The smallest absolute Gasteiger partial charge is 0.324 e. The average molecular weight is 374 g/mol. The molecule has 142 valence electrons. The molecule has 3 amide bonds. The Kier molecular flexibility index (Phi) is 4.98. The summed E-state index contributed by atoms with van der Waals surface area (Å²) in [6, 6.07) is 16.9. The van der Waals surface area contributed by atoms with Gasteiger partial charge in [0.1, 0.15) is 0 Å². The zero-order valence-electron chi connectivity index (χ0n) is 15.6. The highest BCUT2D eigenvalue weighted by molar-refractivity contribution is 5.96. The largest absolute Gasteiger partial charge is 0.326 e. The van der Waals surface area contributed by atoms with E-state index in [4.69, 9.17) is 0 Å². The molecule has 0 bridgehead atoms. The number of carbonyl (C=O) groups is 2. The maximum atomic E-state index is 13.1. The van der Waals surface area contributed by atoms with Crippen LogP contribution in [0.25, 0.3) is 0 Å². The van der Waals surface area contributed by atoms with Crippen molar-refractivity contribution in [2.24, 2.45) is 5.92 Å². The number of hydrogen-bond donors (Lipinski definition) is 1. The summed E-state index contributed by atoms with van der Waals surface area (Å²) >= 11 is 0. The molecule has 2 aliphatic rings.